The van der Waals surface area contributed by atoms with Gasteiger partial charge in [0.2, 0.25) is 0 Å². The summed E-state index contributed by atoms with van der Waals surface area (Å²) in [5.74, 6) is -1.52. The van der Waals surface area contributed by atoms with Gasteiger partial charge in [-0.05, 0) is 24.0 Å². The van der Waals surface area contributed by atoms with Crippen LogP contribution < -0.4 is 10.6 Å². The van der Waals surface area contributed by atoms with Crippen LogP contribution in [0.1, 0.15) is 38.2 Å². The fourth-order valence-corrected chi connectivity index (χ4v) is 4.99. The summed E-state index contributed by atoms with van der Waals surface area (Å²) in [6, 6.07) is 11.9. The quantitative estimate of drug-likeness (QED) is 0.455. The monoisotopic (exact) mass is 493 g/mol. The zero-order valence-electron chi connectivity index (χ0n) is 18.8. The molecule has 2 N–H and O–H groups in total. The number of nitro groups is 2. The van der Waals surface area contributed by atoms with E-state index in [4.69, 9.17) is 17.3 Å². The van der Waals surface area contributed by atoms with Gasteiger partial charge in [0.25, 0.3) is 11.4 Å². The first kappa shape index (κ1) is 23.9. The van der Waals surface area contributed by atoms with Gasteiger partial charge >= 0.3 is 0 Å². The number of hydrogen-bond acceptors (Lipinski definition) is 8. The van der Waals surface area contributed by atoms with E-state index < -0.39 is 21.2 Å². The fourth-order valence-electron chi connectivity index (χ4n) is 4.82. The maximum absolute atomic E-state index is 13.5. The van der Waals surface area contributed by atoms with Gasteiger partial charge in [0.1, 0.15) is 11.5 Å². The van der Waals surface area contributed by atoms with Gasteiger partial charge in [-0.3, -0.25) is 29.9 Å². The molecule has 0 fully saturated rings. The predicted molar refractivity (Wildman–Crippen MR) is 128 cm³/mol. The van der Waals surface area contributed by atoms with Crippen LogP contribution in [-0.4, -0.2) is 15.6 Å². The van der Waals surface area contributed by atoms with Crippen molar-refractivity contribution in [3.05, 3.63) is 95.9 Å². The minimum atomic E-state index is -1.08. The summed E-state index contributed by atoms with van der Waals surface area (Å²) >= 11 is 6.00. The summed E-state index contributed by atoms with van der Waals surface area (Å²) in [6.07, 6.45) is 0.433. The number of hydrogen-bond donors (Lipinski definition) is 1. The van der Waals surface area contributed by atoms with Crippen molar-refractivity contribution in [2.24, 2.45) is 11.1 Å². The van der Waals surface area contributed by atoms with E-state index in [1.165, 1.54) is 41.3 Å². The molecule has 11 heteroatoms. The van der Waals surface area contributed by atoms with E-state index in [9.17, 15) is 30.3 Å². The van der Waals surface area contributed by atoms with Crippen molar-refractivity contribution in [2.75, 3.05) is 4.90 Å². The second-order valence-corrected chi connectivity index (χ2v) is 9.62. The minimum Gasteiger partial charge on any atom is -0.384 e. The summed E-state index contributed by atoms with van der Waals surface area (Å²) < 4.78 is 0. The summed E-state index contributed by atoms with van der Waals surface area (Å²) in [5.41, 5.74) is 5.99. The van der Waals surface area contributed by atoms with Crippen molar-refractivity contribution in [1.29, 1.82) is 5.26 Å². The molecule has 0 saturated carbocycles. The summed E-state index contributed by atoms with van der Waals surface area (Å²) in [5, 5.41) is 33.9. The summed E-state index contributed by atoms with van der Waals surface area (Å²) in [7, 11) is 0. The summed E-state index contributed by atoms with van der Waals surface area (Å²) in [4.78, 5) is 37.4. The number of benzene rings is 2. The second-order valence-electron chi connectivity index (χ2n) is 9.19. The molecular formula is C24H20ClN5O5. The van der Waals surface area contributed by atoms with E-state index in [0.29, 0.717) is 12.1 Å². The zero-order valence-corrected chi connectivity index (χ0v) is 19.6. The van der Waals surface area contributed by atoms with Gasteiger partial charge in [0.05, 0.1) is 27.4 Å². The molecule has 1 aliphatic carbocycles. The number of para-hydroxylation sites is 1. The molecule has 0 bridgehead atoms. The van der Waals surface area contributed by atoms with Gasteiger partial charge in [0, 0.05) is 40.4 Å². The Morgan fingerprint density at radius 1 is 1.11 bits per heavy atom. The summed E-state index contributed by atoms with van der Waals surface area (Å²) in [6.45, 7) is 3.76. The Hall–Kier alpha value is -4.23. The van der Waals surface area contributed by atoms with Crippen molar-refractivity contribution in [3.63, 3.8) is 0 Å². The molecule has 1 aliphatic heterocycles. The van der Waals surface area contributed by atoms with Gasteiger partial charge in [0.15, 0.2) is 5.78 Å². The number of carbonyl (C=O) groups excluding carboxylic acids is 1. The standard InChI is InChI=1S/C24H20ClN5O5/c1-24(2)10-19-22(20(31)11-24)21(14-5-3-4-6-16(14)29(32)33)15(12-26)23(27)28(19)17-8-7-13(25)9-18(17)30(34)35/h3-9,21H,10-11,27H2,1-2H3/t21-/m1/s1. The Kier molecular flexibility index (Phi) is 5.82. The highest BCUT2D eigenvalue weighted by Crippen LogP contribution is 2.52. The molecule has 0 saturated heterocycles. The van der Waals surface area contributed by atoms with Crippen LogP contribution in [0.2, 0.25) is 5.02 Å². The highest BCUT2D eigenvalue weighted by atomic mass is 35.5. The molecule has 2 aromatic carbocycles. The first-order valence-electron chi connectivity index (χ1n) is 10.6. The lowest BCUT2D eigenvalue weighted by molar-refractivity contribution is -0.385. The Morgan fingerprint density at radius 3 is 2.40 bits per heavy atom. The number of halogens is 1. The van der Waals surface area contributed by atoms with E-state index in [1.54, 1.807) is 6.07 Å². The number of anilines is 1. The molecule has 0 spiro atoms. The SMILES string of the molecule is CC1(C)CC(=O)C2=C(C1)N(c1ccc(Cl)cc1[N+](=O)[O-])C(N)=C(C#N)[C@H]2c1ccccc1[N+](=O)[O-]. The maximum Gasteiger partial charge on any atom is 0.294 e. The first-order chi connectivity index (χ1) is 16.5. The van der Waals surface area contributed by atoms with Crippen molar-refractivity contribution >= 4 is 34.4 Å². The molecule has 1 heterocycles. The number of allylic oxidation sites excluding steroid dienone is 3. The number of nitrogens with two attached hydrogens (primary N) is 1. The highest BCUT2D eigenvalue weighted by Gasteiger charge is 2.47. The van der Waals surface area contributed by atoms with Gasteiger partial charge < -0.3 is 5.73 Å². The largest absolute Gasteiger partial charge is 0.384 e. The number of nitrogens with zero attached hydrogens (tertiary/aromatic N) is 4. The third kappa shape index (κ3) is 4.00. The van der Waals surface area contributed by atoms with Gasteiger partial charge in [-0.25, -0.2) is 0 Å². The molecule has 0 amide bonds. The zero-order chi connectivity index (χ0) is 25.7. The van der Waals surface area contributed by atoms with E-state index in [-0.39, 0.29) is 56.8 Å². The Labute approximate surface area is 205 Å². The number of ketones is 1. The molecule has 0 aromatic heterocycles. The lowest BCUT2D eigenvalue weighted by Crippen LogP contribution is -2.42. The fraction of sp³-hybridized carbons (Fsp3) is 0.250. The van der Waals surface area contributed by atoms with Crippen molar-refractivity contribution in [2.45, 2.75) is 32.6 Å². The van der Waals surface area contributed by atoms with Crippen LogP contribution in [0.15, 0.2) is 65.1 Å². The Bertz CT molecular complexity index is 1410. The van der Waals surface area contributed by atoms with Crippen molar-refractivity contribution in [3.8, 4) is 6.07 Å². The molecular weight excluding hydrogens is 474 g/mol. The van der Waals surface area contributed by atoms with E-state index in [0.717, 1.165) is 0 Å². The number of nitriles is 1. The van der Waals surface area contributed by atoms with Crippen LogP contribution in [-0.2, 0) is 4.79 Å². The maximum atomic E-state index is 13.5. The molecule has 35 heavy (non-hydrogen) atoms. The van der Waals surface area contributed by atoms with Crippen LogP contribution >= 0.6 is 11.6 Å². The number of nitro benzene ring substituents is 2. The van der Waals surface area contributed by atoms with Crippen LogP contribution in [0.25, 0.3) is 0 Å². The Balaban J connectivity index is 2.09. The highest BCUT2D eigenvalue weighted by molar-refractivity contribution is 6.31. The van der Waals surface area contributed by atoms with Crippen LogP contribution in [0.5, 0.6) is 0 Å². The number of carbonyl (C=O) groups is 1. The molecule has 2 aromatic rings. The minimum absolute atomic E-state index is 0.0451. The third-order valence-corrected chi connectivity index (χ3v) is 6.44. The second kappa shape index (κ2) is 8.52. The van der Waals surface area contributed by atoms with E-state index in [2.05, 4.69) is 0 Å². The number of rotatable bonds is 4. The lowest BCUT2D eigenvalue weighted by Gasteiger charge is -2.43. The third-order valence-electron chi connectivity index (χ3n) is 6.20. The molecule has 10 nitrogen and oxygen atoms in total. The molecule has 1 atom stereocenters. The topological polar surface area (TPSA) is 156 Å². The van der Waals surface area contributed by atoms with E-state index in [1.807, 2.05) is 19.9 Å². The van der Waals surface area contributed by atoms with Gasteiger partial charge in [-0.1, -0.05) is 43.6 Å². The molecule has 0 unspecified atom stereocenters. The van der Waals surface area contributed by atoms with E-state index >= 15 is 0 Å². The van der Waals surface area contributed by atoms with Crippen LogP contribution in [0.4, 0.5) is 17.1 Å². The van der Waals surface area contributed by atoms with Crippen molar-refractivity contribution in [1.82, 2.24) is 0 Å². The Morgan fingerprint density at radius 2 is 1.77 bits per heavy atom. The predicted octanol–water partition coefficient (Wildman–Crippen LogP) is 5.10. The number of Topliss-reactive ketones (excluding diaryl/α,β-unsaturated/α-hetero) is 1. The van der Waals surface area contributed by atoms with Crippen LogP contribution in [0, 0.1) is 37.0 Å². The van der Waals surface area contributed by atoms with Crippen LogP contribution in [0.3, 0.4) is 0 Å². The average molecular weight is 494 g/mol. The average Bonchev–Trinajstić information content (AvgIpc) is 2.78. The smallest absolute Gasteiger partial charge is 0.294 e. The molecule has 4 rings (SSSR count). The van der Waals surface area contributed by atoms with Gasteiger partial charge in [-0.15, -0.1) is 0 Å². The normalized spacial score (nSPS) is 19.3. The lowest BCUT2D eigenvalue weighted by atomic mass is 9.68. The van der Waals surface area contributed by atoms with Crippen molar-refractivity contribution < 1.29 is 14.6 Å². The first-order valence-corrected chi connectivity index (χ1v) is 11.0. The van der Waals surface area contributed by atoms with Gasteiger partial charge in [-0.2, -0.15) is 5.26 Å². The molecule has 178 valence electrons. The molecule has 0 radical (unpaired) electrons. The molecule has 2 aliphatic rings.